The maximum Gasteiger partial charge on any atom is 0.0900 e. The van der Waals surface area contributed by atoms with Crippen LogP contribution in [0.5, 0.6) is 0 Å². The maximum atomic E-state index is 4.51. The molecule has 3 nitrogen and oxygen atoms in total. The summed E-state index contributed by atoms with van der Waals surface area (Å²) < 4.78 is 0. The number of piperidine rings is 1. The van der Waals surface area contributed by atoms with Crippen molar-refractivity contribution in [2.45, 2.75) is 58.5 Å². The van der Waals surface area contributed by atoms with Crippen LogP contribution in [0.15, 0.2) is 0 Å². The van der Waals surface area contributed by atoms with Crippen molar-refractivity contribution in [2.75, 3.05) is 20.1 Å². The summed E-state index contributed by atoms with van der Waals surface area (Å²) >= 11 is 1.82. The van der Waals surface area contributed by atoms with Gasteiger partial charge in [0.05, 0.1) is 10.7 Å². The monoisotopic (exact) mass is 281 g/mol. The van der Waals surface area contributed by atoms with Gasteiger partial charge in [0, 0.05) is 17.0 Å². The predicted octanol–water partition coefficient (Wildman–Crippen LogP) is 3.28. The van der Waals surface area contributed by atoms with Crippen LogP contribution >= 0.6 is 11.3 Å². The summed E-state index contributed by atoms with van der Waals surface area (Å²) in [4.78, 5) is 8.44. The van der Waals surface area contributed by atoms with Crippen LogP contribution in [0.3, 0.4) is 0 Å². The lowest BCUT2D eigenvalue weighted by molar-refractivity contribution is 0.174. The van der Waals surface area contributed by atoms with Crippen molar-refractivity contribution in [3.05, 3.63) is 15.6 Å². The lowest BCUT2D eigenvalue weighted by Crippen LogP contribution is -2.38. The highest BCUT2D eigenvalue weighted by Crippen LogP contribution is 2.24. The van der Waals surface area contributed by atoms with Crippen LogP contribution in [0.25, 0.3) is 0 Å². The van der Waals surface area contributed by atoms with Crippen LogP contribution in [0.4, 0.5) is 0 Å². The van der Waals surface area contributed by atoms with E-state index in [1.54, 1.807) is 0 Å². The van der Waals surface area contributed by atoms with E-state index in [1.165, 1.54) is 47.8 Å². The predicted molar refractivity (Wildman–Crippen MR) is 82.9 cm³/mol. The molecule has 2 heterocycles. The van der Waals surface area contributed by atoms with E-state index in [0.29, 0.717) is 6.04 Å². The molecule has 2 unspecified atom stereocenters. The number of thiazole rings is 1. The lowest BCUT2D eigenvalue weighted by atomic mass is 10.00. The normalized spacial score (nSPS) is 22.6. The van der Waals surface area contributed by atoms with Crippen LogP contribution in [0.1, 0.15) is 54.2 Å². The second-order valence-electron chi connectivity index (χ2n) is 5.78. The number of aryl methyl sites for hydroxylation is 2. The molecule has 108 valence electrons. The van der Waals surface area contributed by atoms with Gasteiger partial charge in [-0.05, 0) is 60.2 Å². The van der Waals surface area contributed by atoms with Gasteiger partial charge < -0.3 is 10.2 Å². The largest absolute Gasteiger partial charge is 0.309 e. The summed E-state index contributed by atoms with van der Waals surface area (Å²) in [5.41, 5.74) is 1.19. The molecule has 2 rings (SSSR count). The summed E-state index contributed by atoms with van der Waals surface area (Å²) in [6.45, 7) is 8.83. The zero-order valence-electron chi connectivity index (χ0n) is 12.7. The summed E-state index contributed by atoms with van der Waals surface area (Å²) in [5, 5.41) is 4.84. The van der Waals surface area contributed by atoms with Gasteiger partial charge in [-0.3, -0.25) is 0 Å². The van der Waals surface area contributed by atoms with Crippen molar-refractivity contribution in [1.82, 2.24) is 15.2 Å². The minimum absolute atomic E-state index is 0.431. The summed E-state index contributed by atoms with van der Waals surface area (Å²) in [7, 11) is 2.27. The highest BCUT2D eigenvalue weighted by atomic mass is 32.1. The molecule has 0 bridgehead atoms. The number of nitrogens with zero attached hydrogens (tertiary/aromatic N) is 2. The highest BCUT2D eigenvalue weighted by Gasteiger charge is 2.19. The van der Waals surface area contributed by atoms with Gasteiger partial charge in [-0.1, -0.05) is 6.42 Å². The molecule has 1 fully saturated rings. The zero-order chi connectivity index (χ0) is 13.8. The SMILES string of the molecule is Cc1nc(C)c(C(C)NCCC2CCCCN2C)s1. The Kier molecular flexibility index (Phi) is 5.37. The first kappa shape index (κ1) is 14.9. The fraction of sp³-hybridized carbons (Fsp3) is 0.800. The van der Waals surface area contributed by atoms with Crippen molar-refractivity contribution < 1.29 is 0 Å². The Morgan fingerprint density at radius 2 is 2.21 bits per heavy atom. The number of hydrogen-bond donors (Lipinski definition) is 1. The molecule has 0 saturated carbocycles. The average molecular weight is 281 g/mol. The number of aromatic nitrogens is 1. The van der Waals surface area contributed by atoms with Gasteiger partial charge in [-0.25, -0.2) is 4.98 Å². The van der Waals surface area contributed by atoms with Gasteiger partial charge in [-0.2, -0.15) is 0 Å². The third kappa shape index (κ3) is 4.01. The van der Waals surface area contributed by atoms with Gasteiger partial charge >= 0.3 is 0 Å². The topological polar surface area (TPSA) is 28.2 Å². The molecule has 0 aliphatic carbocycles. The summed E-state index contributed by atoms with van der Waals surface area (Å²) in [6.07, 6.45) is 5.40. The molecule has 1 saturated heterocycles. The van der Waals surface area contributed by atoms with E-state index in [0.717, 1.165) is 12.6 Å². The Morgan fingerprint density at radius 3 is 2.84 bits per heavy atom. The quantitative estimate of drug-likeness (QED) is 0.897. The van der Waals surface area contributed by atoms with E-state index in [1.807, 2.05) is 11.3 Å². The van der Waals surface area contributed by atoms with E-state index in [9.17, 15) is 0 Å². The van der Waals surface area contributed by atoms with Crippen molar-refractivity contribution in [3.8, 4) is 0 Å². The first-order chi connectivity index (χ1) is 9.08. The third-order valence-electron chi connectivity index (χ3n) is 4.18. The maximum absolute atomic E-state index is 4.51. The van der Waals surface area contributed by atoms with E-state index in [-0.39, 0.29) is 0 Å². The molecule has 4 heteroatoms. The molecule has 0 aromatic carbocycles. The number of nitrogens with one attached hydrogen (secondary N) is 1. The lowest BCUT2D eigenvalue weighted by Gasteiger charge is -2.32. The van der Waals surface area contributed by atoms with E-state index < -0.39 is 0 Å². The highest BCUT2D eigenvalue weighted by molar-refractivity contribution is 7.11. The van der Waals surface area contributed by atoms with Crippen molar-refractivity contribution in [2.24, 2.45) is 0 Å². The molecule has 19 heavy (non-hydrogen) atoms. The summed E-state index contributed by atoms with van der Waals surface area (Å²) in [5.74, 6) is 0. The van der Waals surface area contributed by atoms with Crippen molar-refractivity contribution in [3.63, 3.8) is 0 Å². The smallest absolute Gasteiger partial charge is 0.0900 e. The first-order valence-corrected chi connectivity index (χ1v) is 8.27. The second kappa shape index (κ2) is 6.82. The zero-order valence-corrected chi connectivity index (χ0v) is 13.5. The van der Waals surface area contributed by atoms with Gasteiger partial charge in [0.1, 0.15) is 0 Å². The minimum atomic E-state index is 0.431. The summed E-state index contributed by atoms with van der Waals surface area (Å²) in [6, 6.07) is 1.21. The molecule has 1 aliphatic heterocycles. The molecule has 1 N–H and O–H groups in total. The van der Waals surface area contributed by atoms with Crippen LogP contribution in [-0.2, 0) is 0 Å². The Bertz CT molecular complexity index is 402. The molecule has 0 amide bonds. The second-order valence-corrected chi connectivity index (χ2v) is 7.01. The van der Waals surface area contributed by atoms with E-state index in [4.69, 9.17) is 0 Å². The minimum Gasteiger partial charge on any atom is -0.309 e. The Labute approximate surface area is 121 Å². The fourth-order valence-corrected chi connectivity index (χ4v) is 3.97. The van der Waals surface area contributed by atoms with Crippen LogP contribution in [0, 0.1) is 13.8 Å². The fourth-order valence-electron chi connectivity index (χ4n) is 3.02. The molecule has 1 aromatic heterocycles. The molecule has 2 atom stereocenters. The van der Waals surface area contributed by atoms with Crippen LogP contribution in [-0.4, -0.2) is 36.1 Å². The van der Waals surface area contributed by atoms with Crippen LogP contribution in [0.2, 0.25) is 0 Å². The third-order valence-corrected chi connectivity index (χ3v) is 5.44. The van der Waals surface area contributed by atoms with Crippen molar-refractivity contribution in [1.29, 1.82) is 0 Å². The molecule has 1 aromatic rings. The van der Waals surface area contributed by atoms with Gasteiger partial charge in [-0.15, -0.1) is 11.3 Å². The Balaban J connectivity index is 1.77. The van der Waals surface area contributed by atoms with Gasteiger partial charge in [0.15, 0.2) is 0 Å². The Hall–Kier alpha value is -0.450. The van der Waals surface area contributed by atoms with Gasteiger partial charge in [0.2, 0.25) is 0 Å². The van der Waals surface area contributed by atoms with Crippen molar-refractivity contribution >= 4 is 11.3 Å². The van der Waals surface area contributed by atoms with Crippen LogP contribution < -0.4 is 5.32 Å². The Morgan fingerprint density at radius 1 is 1.42 bits per heavy atom. The standard InChI is InChI=1S/C15H27N3S/c1-11(15-12(2)17-13(3)19-15)16-9-8-14-7-5-6-10-18(14)4/h11,14,16H,5-10H2,1-4H3. The molecular weight excluding hydrogens is 254 g/mol. The number of hydrogen-bond acceptors (Lipinski definition) is 4. The number of likely N-dealkylation sites (tertiary alicyclic amines) is 1. The van der Waals surface area contributed by atoms with E-state index >= 15 is 0 Å². The average Bonchev–Trinajstić information content (AvgIpc) is 2.71. The molecule has 1 aliphatic rings. The first-order valence-electron chi connectivity index (χ1n) is 7.45. The molecule has 0 radical (unpaired) electrons. The van der Waals surface area contributed by atoms with Gasteiger partial charge in [0.25, 0.3) is 0 Å². The van der Waals surface area contributed by atoms with E-state index in [2.05, 4.69) is 43.0 Å². The number of rotatable bonds is 5. The molecular formula is C15H27N3S. The molecule has 0 spiro atoms.